The molecule has 94 valence electrons. The molecule has 1 aromatic heterocycles. The van der Waals surface area contributed by atoms with Gasteiger partial charge in [0.05, 0.1) is 17.4 Å². The van der Waals surface area contributed by atoms with E-state index in [-0.39, 0.29) is 5.91 Å². The Kier molecular flexibility index (Phi) is 5.58. The van der Waals surface area contributed by atoms with Crippen molar-refractivity contribution in [3.05, 3.63) is 24.0 Å². The molecule has 0 saturated heterocycles. The van der Waals surface area contributed by atoms with Gasteiger partial charge in [-0.25, -0.2) is 0 Å². The van der Waals surface area contributed by atoms with E-state index in [9.17, 15) is 9.00 Å². The number of nitrogen functional groups attached to an aromatic ring is 1. The molecule has 0 saturated carbocycles. The number of nitrogens with zero attached hydrogens (tertiary/aromatic N) is 1. The number of anilines is 1. The Balaban J connectivity index is 2.49. The molecule has 1 unspecified atom stereocenters. The predicted octanol–water partition coefficient (Wildman–Crippen LogP) is -0.134. The topological polar surface area (TPSA) is 97.1 Å². The van der Waals surface area contributed by atoms with Gasteiger partial charge in [-0.3, -0.25) is 19.8 Å². The van der Waals surface area contributed by atoms with Gasteiger partial charge in [0, 0.05) is 35.5 Å². The molecule has 17 heavy (non-hydrogen) atoms. The van der Waals surface area contributed by atoms with Gasteiger partial charge in [0.25, 0.3) is 5.91 Å². The molecule has 1 rings (SSSR count). The van der Waals surface area contributed by atoms with E-state index in [1.165, 1.54) is 12.4 Å². The summed E-state index contributed by atoms with van der Waals surface area (Å²) >= 11 is 0. The molecule has 1 atom stereocenters. The van der Waals surface area contributed by atoms with Gasteiger partial charge < -0.3 is 10.7 Å². The van der Waals surface area contributed by atoms with E-state index in [1.54, 1.807) is 12.3 Å². The van der Waals surface area contributed by atoms with E-state index in [4.69, 9.17) is 5.84 Å². The van der Waals surface area contributed by atoms with Crippen molar-refractivity contribution in [3.63, 3.8) is 0 Å². The SMILES string of the molecule is CS(=O)CCCNC(=O)c1ccncc1NN. The first kappa shape index (κ1) is 13.6. The molecule has 6 nitrogen and oxygen atoms in total. The fourth-order valence-corrected chi connectivity index (χ4v) is 1.83. The highest BCUT2D eigenvalue weighted by atomic mass is 32.2. The number of hydrazine groups is 1. The fourth-order valence-electron chi connectivity index (χ4n) is 1.28. The number of nitrogens with one attached hydrogen (secondary N) is 2. The summed E-state index contributed by atoms with van der Waals surface area (Å²) in [6, 6.07) is 1.59. The minimum absolute atomic E-state index is 0.220. The van der Waals surface area contributed by atoms with E-state index >= 15 is 0 Å². The number of aromatic nitrogens is 1. The highest BCUT2D eigenvalue weighted by molar-refractivity contribution is 7.84. The number of nitrogens with two attached hydrogens (primary N) is 1. The molecular weight excluding hydrogens is 240 g/mol. The van der Waals surface area contributed by atoms with Gasteiger partial charge in [-0.15, -0.1) is 0 Å². The lowest BCUT2D eigenvalue weighted by molar-refractivity contribution is 0.0954. The summed E-state index contributed by atoms with van der Waals surface area (Å²) in [5.74, 6) is 5.63. The van der Waals surface area contributed by atoms with Crippen LogP contribution in [0.3, 0.4) is 0 Å². The Morgan fingerprint density at radius 2 is 2.35 bits per heavy atom. The van der Waals surface area contributed by atoms with E-state index in [2.05, 4.69) is 15.7 Å². The van der Waals surface area contributed by atoms with Crippen molar-refractivity contribution in [2.75, 3.05) is 24.0 Å². The predicted molar refractivity (Wildman–Crippen MR) is 67.9 cm³/mol. The van der Waals surface area contributed by atoms with Crippen LogP contribution >= 0.6 is 0 Å². The monoisotopic (exact) mass is 256 g/mol. The van der Waals surface area contributed by atoms with Crippen LogP contribution in [-0.4, -0.2) is 33.7 Å². The van der Waals surface area contributed by atoms with Crippen molar-refractivity contribution in [3.8, 4) is 0 Å². The first-order valence-electron chi connectivity index (χ1n) is 5.14. The summed E-state index contributed by atoms with van der Waals surface area (Å²) in [7, 11) is -0.824. The Bertz CT molecular complexity index is 411. The lowest BCUT2D eigenvalue weighted by atomic mass is 10.2. The van der Waals surface area contributed by atoms with Gasteiger partial charge in [-0.2, -0.15) is 0 Å². The molecule has 0 spiro atoms. The number of hydrogen-bond donors (Lipinski definition) is 3. The third-order valence-electron chi connectivity index (χ3n) is 2.12. The van der Waals surface area contributed by atoms with Crippen LogP contribution in [0.2, 0.25) is 0 Å². The maximum absolute atomic E-state index is 11.8. The third-order valence-corrected chi connectivity index (χ3v) is 2.98. The smallest absolute Gasteiger partial charge is 0.253 e. The van der Waals surface area contributed by atoms with E-state index in [0.717, 1.165) is 0 Å². The van der Waals surface area contributed by atoms with Crippen LogP contribution < -0.4 is 16.6 Å². The Hall–Kier alpha value is -1.47. The molecule has 0 bridgehead atoms. The largest absolute Gasteiger partial charge is 0.352 e. The minimum Gasteiger partial charge on any atom is -0.352 e. The fraction of sp³-hybridized carbons (Fsp3) is 0.400. The molecule has 0 aliphatic rings. The lowest BCUT2D eigenvalue weighted by Gasteiger charge is -2.08. The van der Waals surface area contributed by atoms with Gasteiger partial charge >= 0.3 is 0 Å². The number of carbonyl (C=O) groups excluding carboxylic acids is 1. The summed E-state index contributed by atoms with van der Waals surface area (Å²) < 4.78 is 10.8. The number of hydrogen-bond acceptors (Lipinski definition) is 5. The average Bonchev–Trinajstić information content (AvgIpc) is 2.34. The molecular formula is C10H16N4O2S. The van der Waals surface area contributed by atoms with Gasteiger partial charge in [0.2, 0.25) is 0 Å². The lowest BCUT2D eigenvalue weighted by Crippen LogP contribution is -2.27. The van der Waals surface area contributed by atoms with Crippen LogP contribution in [0.25, 0.3) is 0 Å². The number of amides is 1. The molecule has 0 aromatic carbocycles. The van der Waals surface area contributed by atoms with Crippen molar-refractivity contribution in [1.29, 1.82) is 0 Å². The van der Waals surface area contributed by atoms with Crippen LogP contribution in [-0.2, 0) is 10.8 Å². The van der Waals surface area contributed by atoms with E-state index < -0.39 is 10.8 Å². The number of rotatable bonds is 6. The molecule has 0 aliphatic heterocycles. The van der Waals surface area contributed by atoms with Crippen molar-refractivity contribution < 1.29 is 9.00 Å². The van der Waals surface area contributed by atoms with Crippen molar-refractivity contribution in [2.24, 2.45) is 5.84 Å². The summed E-state index contributed by atoms with van der Waals surface area (Å²) in [6.45, 7) is 0.491. The maximum atomic E-state index is 11.8. The number of pyridine rings is 1. The highest BCUT2D eigenvalue weighted by Crippen LogP contribution is 2.11. The van der Waals surface area contributed by atoms with Crippen LogP contribution in [0.5, 0.6) is 0 Å². The summed E-state index contributed by atoms with van der Waals surface area (Å²) in [5, 5.41) is 2.73. The number of carbonyl (C=O) groups is 1. The minimum atomic E-state index is -0.824. The Morgan fingerprint density at radius 3 is 3.00 bits per heavy atom. The van der Waals surface area contributed by atoms with Crippen LogP contribution in [0.15, 0.2) is 18.5 Å². The molecule has 7 heteroatoms. The van der Waals surface area contributed by atoms with Crippen LogP contribution in [0, 0.1) is 0 Å². The van der Waals surface area contributed by atoms with Crippen LogP contribution in [0.1, 0.15) is 16.8 Å². The zero-order valence-corrected chi connectivity index (χ0v) is 10.4. The third kappa shape index (κ3) is 4.49. The summed E-state index contributed by atoms with van der Waals surface area (Å²) in [6.07, 6.45) is 5.33. The molecule has 1 amide bonds. The normalized spacial score (nSPS) is 11.9. The zero-order valence-electron chi connectivity index (χ0n) is 9.60. The molecule has 1 aromatic rings. The highest BCUT2D eigenvalue weighted by Gasteiger charge is 2.09. The van der Waals surface area contributed by atoms with E-state index in [0.29, 0.717) is 30.0 Å². The molecule has 0 fully saturated rings. The maximum Gasteiger partial charge on any atom is 0.253 e. The second-order valence-corrected chi connectivity index (χ2v) is 5.01. The summed E-state index contributed by atoms with van der Waals surface area (Å²) in [5.41, 5.74) is 3.33. The molecule has 4 N–H and O–H groups in total. The first-order valence-corrected chi connectivity index (χ1v) is 6.86. The van der Waals surface area contributed by atoms with Gasteiger partial charge in [-0.05, 0) is 12.5 Å². The zero-order chi connectivity index (χ0) is 12.7. The van der Waals surface area contributed by atoms with Crippen LogP contribution in [0.4, 0.5) is 5.69 Å². The quantitative estimate of drug-likeness (QED) is 0.374. The standard InChI is InChI=1S/C10H16N4O2S/c1-17(16)6-2-4-13-10(15)8-3-5-12-7-9(8)14-11/h3,5,7,14H,2,4,6,11H2,1H3,(H,13,15). The van der Waals surface area contributed by atoms with E-state index in [1.807, 2.05) is 0 Å². The Morgan fingerprint density at radius 1 is 1.59 bits per heavy atom. The average molecular weight is 256 g/mol. The first-order chi connectivity index (χ1) is 8.15. The second kappa shape index (κ2) is 6.97. The van der Waals surface area contributed by atoms with Crippen molar-refractivity contribution >= 4 is 22.4 Å². The van der Waals surface area contributed by atoms with Gasteiger partial charge in [0.15, 0.2) is 0 Å². The molecule has 1 heterocycles. The molecule has 0 aliphatic carbocycles. The van der Waals surface area contributed by atoms with Crippen molar-refractivity contribution in [2.45, 2.75) is 6.42 Å². The van der Waals surface area contributed by atoms with Crippen molar-refractivity contribution in [1.82, 2.24) is 10.3 Å². The second-order valence-electron chi connectivity index (χ2n) is 3.45. The Labute approximate surface area is 102 Å². The van der Waals surface area contributed by atoms with Gasteiger partial charge in [-0.1, -0.05) is 0 Å². The molecule has 0 radical (unpaired) electrons. The summed E-state index contributed by atoms with van der Waals surface area (Å²) in [4.78, 5) is 15.6. The van der Waals surface area contributed by atoms with Gasteiger partial charge in [0.1, 0.15) is 0 Å².